The lowest BCUT2D eigenvalue weighted by atomic mass is 10.3. The van der Waals surface area contributed by atoms with Crippen molar-refractivity contribution in [2.75, 3.05) is 25.0 Å². The standard InChI is InChI=1S/C10H13ClN2O2/c11-8-3-1-2-4-9(8)13-10(15)7-12-5-6-14/h1-4,12,14H,5-7H2,(H,13,15). The van der Waals surface area contributed by atoms with Crippen LogP contribution in [0.2, 0.25) is 5.02 Å². The average molecular weight is 229 g/mol. The third-order valence-corrected chi connectivity index (χ3v) is 2.05. The second-order valence-electron chi connectivity index (χ2n) is 2.93. The van der Waals surface area contributed by atoms with Crippen molar-refractivity contribution in [3.05, 3.63) is 29.3 Å². The van der Waals surface area contributed by atoms with Crippen LogP contribution < -0.4 is 10.6 Å². The summed E-state index contributed by atoms with van der Waals surface area (Å²) >= 11 is 5.85. The largest absolute Gasteiger partial charge is 0.395 e. The van der Waals surface area contributed by atoms with Crippen LogP contribution in [0.5, 0.6) is 0 Å². The third kappa shape index (κ3) is 4.29. The molecule has 0 radical (unpaired) electrons. The molecule has 1 rings (SSSR count). The maximum atomic E-state index is 11.3. The summed E-state index contributed by atoms with van der Waals surface area (Å²) in [6.07, 6.45) is 0. The van der Waals surface area contributed by atoms with Crippen LogP contribution in [-0.4, -0.2) is 30.7 Å². The van der Waals surface area contributed by atoms with Crippen molar-refractivity contribution in [2.45, 2.75) is 0 Å². The Morgan fingerprint density at radius 2 is 2.13 bits per heavy atom. The molecular formula is C10H13ClN2O2. The van der Waals surface area contributed by atoms with Crippen molar-refractivity contribution in [3.63, 3.8) is 0 Å². The van der Waals surface area contributed by atoms with E-state index in [2.05, 4.69) is 10.6 Å². The van der Waals surface area contributed by atoms with Crippen molar-refractivity contribution in [3.8, 4) is 0 Å². The number of rotatable bonds is 5. The first kappa shape index (κ1) is 12.0. The molecule has 1 aromatic rings. The third-order valence-electron chi connectivity index (χ3n) is 1.72. The first-order valence-corrected chi connectivity index (χ1v) is 4.98. The fourth-order valence-corrected chi connectivity index (χ4v) is 1.22. The van der Waals surface area contributed by atoms with E-state index >= 15 is 0 Å². The number of carbonyl (C=O) groups is 1. The van der Waals surface area contributed by atoms with Crippen molar-refractivity contribution in [1.82, 2.24) is 5.32 Å². The number of aliphatic hydroxyl groups excluding tert-OH is 1. The van der Waals surface area contributed by atoms with Crippen molar-refractivity contribution >= 4 is 23.2 Å². The minimum absolute atomic E-state index is 0.0133. The highest BCUT2D eigenvalue weighted by Gasteiger charge is 2.03. The Kier molecular flexibility index (Phi) is 5.10. The van der Waals surface area contributed by atoms with Gasteiger partial charge in [-0.3, -0.25) is 4.79 Å². The number of anilines is 1. The highest BCUT2D eigenvalue weighted by Crippen LogP contribution is 2.19. The lowest BCUT2D eigenvalue weighted by molar-refractivity contribution is -0.115. The SMILES string of the molecule is O=C(CNCCO)Nc1ccccc1Cl. The van der Waals surface area contributed by atoms with Gasteiger partial charge in [0.2, 0.25) is 5.91 Å². The molecule has 0 saturated carbocycles. The minimum Gasteiger partial charge on any atom is -0.395 e. The predicted molar refractivity (Wildman–Crippen MR) is 60.0 cm³/mol. The van der Waals surface area contributed by atoms with Crippen LogP contribution in [0.4, 0.5) is 5.69 Å². The van der Waals surface area contributed by atoms with Crippen LogP contribution >= 0.6 is 11.6 Å². The molecule has 82 valence electrons. The molecule has 1 aromatic carbocycles. The zero-order chi connectivity index (χ0) is 11.1. The highest BCUT2D eigenvalue weighted by atomic mass is 35.5. The molecule has 0 saturated heterocycles. The summed E-state index contributed by atoms with van der Waals surface area (Å²) in [7, 11) is 0. The van der Waals surface area contributed by atoms with E-state index in [-0.39, 0.29) is 19.1 Å². The Morgan fingerprint density at radius 3 is 2.80 bits per heavy atom. The summed E-state index contributed by atoms with van der Waals surface area (Å²) in [6.45, 7) is 0.571. The van der Waals surface area contributed by atoms with E-state index in [0.29, 0.717) is 17.3 Å². The van der Waals surface area contributed by atoms with E-state index in [1.54, 1.807) is 24.3 Å². The van der Waals surface area contributed by atoms with Gasteiger partial charge in [-0.05, 0) is 12.1 Å². The summed E-state index contributed by atoms with van der Waals surface area (Å²) < 4.78 is 0. The number of para-hydroxylation sites is 1. The second-order valence-corrected chi connectivity index (χ2v) is 3.34. The summed E-state index contributed by atoms with van der Waals surface area (Å²) in [5, 5.41) is 14.4. The van der Waals surface area contributed by atoms with Gasteiger partial charge in [-0.25, -0.2) is 0 Å². The Bertz CT molecular complexity index is 331. The van der Waals surface area contributed by atoms with E-state index < -0.39 is 0 Å². The molecule has 0 aliphatic heterocycles. The fourth-order valence-electron chi connectivity index (χ4n) is 1.04. The number of hydrogen-bond acceptors (Lipinski definition) is 3. The molecule has 0 aliphatic carbocycles. The number of aliphatic hydroxyl groups is 1. The Morgan fingerprint density at radius 1 is 1.40 bits per heavy atom. The molecule has 0 heterocycles. The van der Waals surface area contributed by atoms with E-state index in [1.165, 1.54) is 0 Å². The lowest BCUT2D eigenvalue weighted by Gasteiger charge is -2.07. The van der Waals surface area contributed by atoms with E-state index in [1.807, 2.05) is 0 Å². The molecule has 0 bridgehead atoms. The van der Waals surface area contributed by atoms with E-state index in [4.69, 9.17) is 16.7 Å². The zero-order valence-electron chi connectivity index (χ0n) is 8.16. The molecule has 4 nitrogen and oxygen atoms in total. The number of carbonyl (C=O) groups excluding carboxylic acids is 1. The Labute approximate surface area is 93.2 Å². The van der Waals surface area contributed by atoms with Gasteiger partial charge in [0.25, 0.3) is 0 Å². The van der Waals surface area contributed by atoms with Gasteiger partial charge < -0.3 is 15.7 Å². The molecule has 0 aromatic heterocycles. The van der Waals surface area contributed by atoms with E-state index in [9.17, 15) is 4.79 Å². The van der Waals surface area contributed by atoms with Gasteiger partial charge in [0.1, 0.15) is 0 Å². The zero-order valence-corrected chi connectivity index (χ0v) is 8.92. The molecule has 3 N–H and O–H groups in total. The smallest absolute Gasteiger partial charge is 0.238 e. The molecule has 0 atom stereocenters. The fraction of sp³-hybridized carbons (Fsp3) is 0.300. The molecule has 0 aliphatic rings. The summed E-state index contributed by atoms with van der Waals surface area (Å²) in [5.74, 6) is -0.184. The lowest BCUT2D eigenvalue weighted by Crippen LogP contribution is -2.30. The number of nitrogens with one attached hydrogen (secondary N) is 2. The summed E-state index contributed by atoms with van der Waals surface area (Å²) in [5.41, 5.74) is 0.593. The van der Waals surface area contributed by atoms with Crippen molar-refractivity contribution in [2.24, 2.45) is 0 Å². The quantitative estimate of drug-likeness (QED) is 0.655. The molecule has 0 unspecified atom stereocenters. The number of halogens is 1. The first-order chi connectivity index (χ1) is 7.24. The topological polar surface area (TPSA) is 61.4 Å². The minimum atomic E-state index is -0.184. The van der Waals surface area contributed by atoms with Crippen LogP contribution in [-0.2, 0) is 4.79 Å². The van der Waals surface area contributed by atoms with E-state index in [0.717, 1.165) is 0 Å². The summed E-state index contributed by atoms with van der Waals surface area (Å²) in [4.78, 5) is 11.3. The van der Waals surface area contributed by atoms with Gasteiger partial charge in [-0.2, -0.15) is 0 Å². The summed E-state index contributed by atoms with van der Waals surface area (Å²) in [6, 6.07) is 7.02. The van der Waals surface area contributed by atoms with Gasteiger partial charge in [0.15, 0.2) is 0 Å². The Balaban J connectivity index is 2.41. The number of amides is 1. The van der Waals surface area contributed by atoms with Crippen LogP contribution in [0.15, 0.2) is 24.3 Å². The van der Waals surface area contributed by atoms with Gasteiger partial charge in [0, 0.05) is 6.54 Å². The maximum Gasteiger partial charge on any atom is 0.238 e. The van der Waals surface area contributed by atoms with Crippen LogP contribution in [0, 0.1) is 0 Å². The average Bonchev–Trinajstić information content (AvgIpc) is 2.22. The molecule has 5 heteroatoms. The van der Waals surface area contributed by atoms with Crippen molar-refractivity contribution in [1.29, 1.82) is 0 Å². The monoisotopic (exact) mass is 228 g/mol. The van der Waals surface area contributed by atoms with Crippen molar-refractivity contribution < 1.29 is 9.90 Å². The number of hydrogen-bond donors (Lipinski definition) is 3. The predicted octanol–water partition coefficient (Wildman–Crippen LogP) is 0.860. The van der Waals surface area contributed by atoms with Gasteiger partial charge in [0.05, 0.1) is 23.9 Å². The molecule has 0 spiro atoms. The number of benzene rings is 1. The molecule has 15 heavy (non-hydrogen) atoms. The van der Waals surface area contributed by atoms with Crippen LogP contribution in [0.3, 0.4) is 0 Å². The van der Waals surface area contributed by atoms with Gasteiger partial charge in [-0.1, -0.05) is 23.7 Å². The Hall–Kier alpha value is -1.10. The van der Waals surface area contributed by atoms with Gasteiger partial charge in [-0.15, -0.1) is 0 Å². The first-order valence-electron chi connectivity index (χ1n) is 4.60. The molecule has 0 fully saturated rings. The van der Waals surface area contributed by atoms with Crippen LogP contribution in [0.25, 0.3) is 0 Å². The molecule has 1 amide bonds. The van der Waals surface area contributed by atoms with Gasteiger partial charge >= 0.3 is 0 Å². The second kappa shape index (κ2) is 6.40. The highest BCUT2D eigenvalue weighted by molar-refractivity contribution is 6.33. The molecular weight excluding hydrogens is 216 g/mol. The maximum absolute atomic E-state index is 11.3. The van der Waals surface area contributed by atoms with Crippen LogP contribution in [0.1, 0.15) is 0 Å². The normalized spacial score (nSPS) is 10.0.